The summed E-state index contributed by atoms with van der Waals surface area (Å²) < 4.78 is 35.2. The molecule has 0 saturated heterocycles. The smallest absolute Gasteiger partial charge is 0.254 e. The van der Waals surface area contributed by atoms with E-state index in [1.54, 1.807) is 34.9 Å². The Bertz CT molecular complexity index is 1860. The summed E-state index contributed by atoms with van der Waals surface area (Å²) in [5, 5.41) is 19.8. The van der Waals surface area contributed by atoms with Gasteiger partial charge >= 0.3 is 0 Å². The van der Waals surface area contributed by atoms with Crippen LogP contribution in [-0.2, 0) is 11.3 Å². The third-order valence-electron chi connectivity index (χ3n) is 7.10. The second-order valence-corrected chi connectivity index (χ2v) is 11.8. The highest BCUT2D eigenvalue weighted by atomic mass is 32.2. The molecule has 0 radical (unpaired) electrons. The van der Waals surface area contributed by atoms with Crippen LogP contribution in [0.3, 0.4) is 0 Å². The number of ether oxygens (including phenoxy) is 1. The molecule has 0 aliphatic carbocycles. The summed E-state index contributed by atoms with van der Waals surface area (Å²) in [5.74, 6) is -1.04. The lowest BCUT2D eigenvalue weighted by molar-refractivity contribution is -0.130. The average molecular weight is 645 g/mol. The molecule has 228 valence electrons. The fourth-order valence-corrected chi connectivity index (χ4v) is 6.47. The van der Waals surface area contributed by atoms with Crippen molar-refractivity contribution in [2.24, 2.45) is 5.10 Å². The van der Waals surface area contributed by atoms with Gasteiger partial charge < -0.3 is 10.1 Å². The zero-order valence-electron chi connectivity index (χ0n) is 23.9. The van der Waals surface area contributed by atoms with Crippen LogP contribution in [-0.4, -0.2) is 50.2 Å². The fraction of sp³-hybridized carbons (Fsp3) is 0.156. The predicted octanol–water partition coefficient (Wildman–Crippen LogP) is 6.02. The number of para-hydroxylation sites is 2. The number of nitrogens with zero attached hydrogens (tertiary/aromatic N) is 5. The van der Waals surface area contributed by atoms with E-state index in [-0.39, 0.29) is 29.6 Å². The molecular formula is C32H26F2N6O3S2. The minimum Gasteiger partial charge on any atom is -0.495 e. The molecule has 2 aromatic heterocycles. The second-order valence-electron chi connectivity index (χ2n) is 9.89. The minimum atomic E-state index is -0.637. The Morgan fingerprint density at radius 2 is 1.78 bits per heavy atom. The number of benzene rings is 3. The van der Waals surface area contributed by atoms with Gasteiger partial charge in [-0.1, -0.05) is 54.2 Å². The van der Waals surface area contributed by atoms with Crippen molar-refractivity contribution in [1.29, 1.82) is 0 Å². The number of carbonyl (C=O) groups excluding carboxylic acids is 2. The maximum Gasteiger partial charge on any atom is 0.254 e. The van der Waals surface area contributed by atoms with Crippen LogP contribution in [0.4, 0.5) is 8.78 Å². The van der Waals surface area contributed by atoms with E-state index in [0.29, 0.717) is 28.8 Å². The number of thiophene rings is 1. The molecule has 6 rings (SSSR count). The number of rotatable bonds is 10. The molecule has 9 nitrogen and oxygen atoms in total. The lowest BCUT2D eigenvalue weighted by Crippen LogP contribution is -2.28. The van der Waals surface area contributed by atoms with Gasteiger partial charge in [0.05, 0.1) is 47.3 Å². The normalized spacial score (nSPS) is 14.3. The number of hydrogen-bond donors (Lipinski definition) is 1. The van der Waals surface area contributed by atoms with Gasteiger partial charge in [0.1, 0.15) is 17.4 Å². The summed E-state index contributed by atoms with van der Waals surface area (Å²) in [6, 6.07) is 22.5. The number of aromatic nitrogens is 3. The van der Waals surface area contributed by atoms with E-state index in [2.05, 4.69) is 20.6 Å². The Balaban J connectivity index is 1.26. The molecule has 2 amide bonds. The number of thioether (sulfide) groups is 1. The van der Waals surface area contributed by atoms with Crippen LogP contribution < -0.4 is 10.1 Å². The lowest BCUT2D eigenvalue weighted by atomic mass is 10.0. The van der Waals surface area contributed by atoms with Gasteiger partial charge in [0.15, 0.2) is 11.0 Å². The van der Waals surface area contributed by atoms with Crippen molar-refractivity contribution < 1.29 is 23.1 Å². The van der Waals surface area contributed by atoms with E-state index < -0.39 is 17.8 Å². The average Bonchev–Trinajstić information content (AvgIpc) is 3.83. The van der Waals surface area contributed by atoms with Gasteiger partial charge in [-0.05, 0) is 53.4 Å². The Hall–Kier alpha value is -4.88. The van der Waals surface area contributed by atoms with Crippen LogP contribution in [0.1, 0.15) is 39.1 Å². The molecule has 3 heterocycles. The minimum absolute atomic E-state index is 0.0339. The molecule has 45 heavy (non-hydrogen) atoms. The molecule has 0 spiro atoms. The third kappa shape index (κ3) is 6.49. The van der Waals surface area contributed by atoms with E-state index >= 15 is 0 Å². The summed E-state index contributed by atoms with van der Waals surface area (Å²) >= 11 is 2.69. The number of carbonyl (C=O) groups is 2. The summed E-state index contributed by atoms with van der Waals surface area (Å²) in [6.45, 7) is -0.0695. The first-order valence-electron chi connectivity index (χ1n) is 13.8. The van der Waals surface area contributed by atoms with Gasteiger partial charge in [0.2, 0.25) is 0 Å². The zero-order chi connectivity index (χ0) is 31.3. The summed E-state index contributed by atoms with van der Waals surface area (Å²) in [5.41, 5.74) is 2.06. The van der Waals surface area contributed by atoms with Crippen molar-refractivity contribution in [3.05, 3.63) is 124 Å². The summed E-state index contributed by atoms with van der Waals surface area (Å²) in [6.07, 6.45) is 0.492. The van der Waals surface area contributed by atoms with E-state index in [1.807, 2.05) is 29.6 Å². The number of nitrogens with one attached hydrogen (secondary N) is 1. The van der Waals surface area contributed by atoms with Gasteiger partial charge in [0, 0.05) is 6.42 Å². The Kier molecular flexibility index (Phi) is 8.98. The van der Waals surface area contributed by atoms with Crippen molar-refractivity contribution in [2.75, 3.05) is 12.9 Å². The standard InChI is InChI=1S/C32H26F2N6O3S2/c1-43-27-10-5-4-9-25(27)39-29(18-35-31(42)22-7-2-3-8-23(22)34)36-37-32(39)45-19-30(41)40-26(20-12-14-21(33)15-13-20)17-24(38-40)28-11-6-16-44-28/h2-16,26H,17-19H2,1H3,(H,35,42)/t26-/m0/s1. The number of hydrogen-bond acceptors (Lipinski definition) is 8. The zero-order valence-corrected chi connectivity index (χ0v) is 25.5. The molecule has 13 heteroatoms. The Labute approximate surface area is 265 Å². The Morgan fingerprint density at radius 3 is 2.53 bits per heavy atom. The molecule has 0 saturated carbocycles. The van der Waals surface area contributed by atoms with E-state index in [0.717, 1.165) is 27.9 Å². The maximum absolute atomic E-state index is 14.2. The predicted molar refractivity (Wildman–Crippen MR) is 168 cm³/mol. The number of amides is 2. The topological polar surface area (TPSA) is 102 Å². The van der Waals surface area contributed by atoms with Crippen LogP contribution in [0.25, 0.3) is 5.69 Å². The van der Waals surface area contributed by atoms with Gasteiger partial charge in [-0.15, -0.1) is 21.5 Å². The highest BCUT2D eigenvalue weighted by Crippen LogP contribution is 2.35. The number of methoxy groups -OCH3 is 1. The molecule has 1 N–H and O–H groups in total. The molecule has 0 unspecified atom stereocenters. The van der Waals surface area contributed by atoms with Crippen LogP contribution in [0.5, 0.6) is 5.75 Å². The van der Waals surface area contributed by atoms with E-state index in [1.165, 1.54) is 53.8 Å². The second kappa shape index (κ2) is 13.4. The molecule has 0 fully saturated rings. The van der Waals surface area contributed by atoms with E-state index in [9.17, 15) is 18.4 Å². The molecular weight excluding hydrogens is 619 g/mol. The Morgan fingerprint density at radius 1 is 1.00 bits per heavy atom. The monoisotopic (exact) mass is 644 g/mol. The highest BCUT2D eigenvalue weighted by Gasteiger charge is 2.34. The molecule has 5 aromatic rings. The first-order chi connectivity index (χ1) is 21.9. The van der Waals surface area contributed by atoms with Gasteiger partial charge in [-0.2, -0.15) is 5.10 Å². The van der Waals surface area contributed by atoms with Crippen LogP contribution >= 0.6 is 23.1 Å². The summed E-state index contributed by atoms with van der Waals surface area (Å²) in [7, 11) is 1.53. The SMILES string of the molecule is COc1ccccc1-n1c(CNC(=O)c2ccccc2F)nnc1SCC(=O)N1N=C(c2cccs2)C[C@H]1c1ccc(F)cc1. The molecule has 3 aromatic carbocycles. The summed E-state index contributed by atoms with van der Waals surface area (Å²) in [4.78, 5) is 27.4. The first-order valence-corrected chi connectivity index (χ1v) is 15.7. The quantitative estimate of drug-likeness (QED) is 0.187. The highest BCUT2D eigenvalue weighted by molar-refractivity contribution is 7.99. The lowest BCUT2D eigenvalue weighted by Gasteiger charge is -2.22. The maximum atomic E-state index is 14.2. The van der Waals surface area contributed by atoms with Crippen LogP contribution in [0.15, 0.2) is 101 Å². The van der Waals surface area contributed by atoms with Crippen molar-refractivity contribution >= 4 is 40.6 Å². The van der Waals surface area contributed by atoms with Crippen molar-refractivity contribution in [1.82, 2.24) is 25.1 Å². The van der Waals surface area contributed by atoms with E-state index in [4.69, 9.17) is 4.74 Å². The van der Waals surface area contributed by atoms with Crippen molar-refractivity contribution in [2.45, 2.75) is 24.2 Å². The first kappa shape index (κ1) is 30.2. The largest absolute Gasteiger partial charge is 0.495 e. The number of hydrazone groups is 1. The van der Waals surface area contributed by atoms with Gasteiger partial charge in [-0.25, -0.2) is 13.8 Å². The molecule has 0 bridgehead atoms. The van der Waals surface area contributed by atoms with Crippen LogP contribution in [0.2, 0.25) is 0 Å². The van der Waals surface area contributed by atoms with Crippen molar-refractivity contribution in [3.63, 3.8) is 0 Å². The molecule has 1 aliphatic heterocycles. The molecule has 1 aliphatic rings. The number of halogens is 2. The third-order valence-corrected chi connectivity index (χ3v) is 8.94. The molecule has 1 atom stereocenters. The van der Waals surface area contributed by atoms with Gasteiger partial charge in [-0.3, -0.25) is 14.2 Å². The van der Waals surface area contributed by atoms with Crippen LogP contribution in [0, 0.1) is 11.6 Å². The fourth-order valence-electron chi connectivity index (χ4n) is 4.93. The van der Waals surface area contributed by atoms with Gasteiger partial charge in [0.25, 0.3) is 11.8 Å². The van der Waals surface area contributed by atoms with Crippen molar-refractivity contribution in [3.8, 4) is 11.4 Å².